The topological polar surface area (TPSA) is 51.0 Å². The van der Waals surface area contributed by atoms with E-state index < -0.39 is 0 Å². The molecule has 0 unspecified atom stereocenters. The summed E-state index contributed by atoms with van der Waals surface area (Å²) in [5.74, 6) is 1.81. The molecule has 0 radical (unpaired) electrons. The van der Waals surface area contributed by atoms with Crippen molar-refractivity contribution in [1.82, 2.24) is 19.7 Å². The SMILES string of the molecule is O=C(Cc1ccc(F)cc1)N1CCC[C@@H]1c1nnc2n1CCCCC2. The van der Waals surface area contributed by atoms with Crippen LogP contribution in [0.2, 0.25) is 0 Å². The van der Waals surface area contributed by atoms with E-state index in [9.17, 15) is 9.18 Å². The summed E-state index contributed by atoms with van der Waals surface area (Å²) >= 11 is 0. The maximum absolute atomic E-state index is 13.1. The summed E-state index contributed by atoms with van der Waals surface area (Å²) in [5.41, 5.74) is 0.845. The van der Waals surface area contributed by atoms with Gasteiger partial charge in [-0.05, 0) is 43.4 Å². The lowest BCUT2D eigenvalue weighted by molar-refractivity contribution is -0.131. The van der Waals surface area contributed by atoms with Gasteiger partial charge < -0.3 is 9.47 Å². The van der Waals surface area contributed by atoms with Gasteiger partial charge in [0.05, 0.1) is 12.5 Å². The zero-order valence-corrected chi connectivity index (χ0v) is 14.3. The average Bonchev–Trinajstić information content (AvgIpc) is 3.18. The minimum Gasteiger partial charge on any atom is -0.332 e. The van der Waals surface area contributed by atoms with Crippen molar-refractivity contribution >= 4 is 5.91 Å². The largest absolute Gasteiger partial charge is 0.332 e. The van der Waals surface area contributed by atoms with Gasteiger partial charge in [-0.15, -0.1) is 10.2 Å². The molecule has 6 heteroatoms. The molecule has 0 aliphatic carbocycles. The van der Waals surface area contributed by atoms with E-state index in [0.29, 0.717) is 6.42 Å². The summed E-state index contributed by atoms with van der Waals surface area (Å²) < 4.78 is 15.3. The fraction of sp³-hybridized carbons (Fsp3) is 0.526. The molecule has 2 aliphatic heterocycles. The van der Waals surface area contributed by atoms with E-state index in [-0.39, 0.29) is 17.8 Å². The van der Waals surface area contributed by atoms with E-state index >= 15 is 0 Å². The highest BCUT2D eigenvalue weighted by molar-refractivity contribution is 5.79. The van der Waals surface area contributed by atoms with E-state index in [2.05, 4.69) is 14.8 Å². The number of halogens is 1. The number of aromatic nitrogens is 3. The summed E-state index contributed by atoms with van der Waals surface area (Å²) in [6.07, 6.45) is 6.74. The number of aryl methyl sites for hydroxylation is 1. The molecule has 0 saturated carbocycles. The monoisotopic (exact) mass is 342 g/mol. The van der Waals surface area contributed by atoms with Crippen molar-refractivity contribution in [2.24, 2.45) is 0 Å². The summed E-state index contributed by atoms with van der Waals surface area (Å²) in [6, 6.07) is 6.20. The Balaban J connectivity index is 1.53. The first-order chi connectivity index (χ1) is 12.2. The first kappa shape index (κ1) is 16.2. The molecule has 1 fully saturated rings. The van der Waals surface area contributed by atoms with Crippen LogP contribution in [0.25, 0.3) is 0 Å². The van der Waals surface area contributed by atoms with E-state index in [1.807, 2.05) is 4.90 Å². The third-order valence-corrected chi connectivity index (χ3v) is 5.28. The van der Waals surface area contributed by atoms with Gasteiger partial charge in [-0.3, -0.25) is 4.79 Å². The molecule has 132 valence electrons. The minimum atomic E-state index is -0.276. The van der Waals surface area contributed by atoms with E-state index in [0.717, 1.165) is 62.4 Å². The van der Waals surface area contributed by atoms with Crippen molar-refractivity contribution in [3.63, 3.8) is 0 Å². The number of carbonyl (C=O) groups is 1. The molecular weight excluding hydrogens is 319 g/mol. The number of likely N-dealkylation sites (tertiary alicyclic amines) is 1. The number of nitrogens with zero attached hydrogens (tertiary/aromatic N) is 4. The predicted molar refractivity (Wildman–Crippen MR) is 91.4 cm³/mol. The first-order valence-corrected chi connectivity index (χ1v) is 9.18. The van der Waals surface area contributed by atoms with Gasteiger partial charge in [0, 0.05) is 19.5 Å². The van der Waals surface area contributed by atoms with Gasteiger partial charge in [-0.1, -0.05) is 18.6 Å². The Bertz CT molecular complexity index is 755. The van der Waals surface area contributed by atoms with Crippen molar-refractivity contribution in [2.45, 2.75) is 57.5 Å². The van der Waals surface area contributed by atoms with Gasteiger partial charge in [-0.25, -0.2) is 4.39 Å². The quantitative estimate of drug-likeness (QED) is 0.861. The molecule has 1 saturated heterocycles. The Morgan fingerprint density at radius 3 is 2.76 bits per heavy atom. The van der Waals surface area contributed by atoms with E-state index in [1.165, 1.54) is 18.6 Å². The van der Waals surface area contributed by atoms with Crippen molar-refractivity contribution in [1.29, 1.82) is 0 Å². The third kappa shape index (κ3) is 3.30. The molecule has 3 heterocycles. The number of hydrogen-bond acceptors (Lipinski definition) is 3. The second kappa shape index (κ2) is 6.94. The summed E-state index contributed by atoms with van der Waals surface area (Å²) in [4.78, 5) is 14.8. The molecular formula is C19H23FN4O. The number of carbonyl (C=O) groups excluding carboxylic acids is 1. The van der Waals surface area contributed by atoms with E-state index in [1.54, 1.807) is 12.1 Å². The second-order valence-electron chi connectivity index (χ2n) is 6.99. The zero-order chi connectivity index (χ0) is 17.2. The van der Waals surface area contributed by atoms with Crippen LogP contribution in [-0.4, -0.2) is 32.1 Å². The average molecular weight is 342 g/mol. The minimum absolute atomic E-state index is 0.0206. The molecule has 4 rings (SSSR count). The van der Waals surface area contributed by atoms with Crippen molar-refractivity contribution in [3.05, 3.63) is 47.3 Å². The second-order valence-corrected chi connectivity index (χ2v) is 6.99. The van der Waals surface area contributed by atoms with Crippen molar-refractivity contribution in [3.8, 4) is 0 Å². The van der Waals surface area contributed by atoms with Gasteiger partial charge in [0.25, 0.3) is 0 Å². The maximum atomic E-state index is 13.1. The summed E-state index contributed by atoms with van der Waals surface area (Å²) in [5, 5.41) is 8.82. The lowest BCUT2D eigenvalue weighted by atomic mass is 10.1. The van der Waals surface area contributed by atoms with Crippen molar-refractivity contribution in [2.75, 3.05) is 6.54 Å². The highest BCUT2D eigenvalue weighted by Gasteiger charge is 2.34. The normalized spacial score (nSPS) is 20.4. The molecule has 0 spiro atoms. The van der Waals surface area contributed by atoms with Gasteiger partial charge in [0.2, 0.25) is 5.91 Å². The summed E-state index contributed by atoms with van der Waals surface area (Å²) in [7, 11) is 0. The van der Waals surface area contributed by atoms with Crippen LogP contribution in [0.15, 0.2) is 24.3 Å². The lowest BCUT2D eigenvalue weighted by Crippen LogP contribution is -2.33. The molecule has 1 amide bonds. The smallest absolute Gasteiger partial charge is 0.227 e. The number of amides is 1. The molecule has 1 aromatic carbocycles. The summed E-state index contributed by atoms with van der Waals surface area (Å²) in [6.45, 7) is 1.71. The molecule has 0 N–H and O–H groups in total. The van der Waals surface area contributed by atoms with Gasteiger partial charge in [0.1, 0.15) is 11.6 Å². The fourth-order valence-corrected chi connectivity index (χ4v) is 3.97. The third-order valence-electron chi connectivity index (χ3n) is 5.28. The molecule has 5 nitrogen and oxygen atoms in total. The maximum Gasteiger partial charge on any atom is 0.227 e. The van der Waals surface area contributed by atoms with Crippen LogP contribution < -0.4 is 0 Å². The number of rotatable bonds is 3. The van der Waals surface area contributed by atoms with Crippen LogP contribution in [0.3, 0.4) is 0 Å². The molecule has 1 atom stereocenters. The Labute approximate surface area is 146 Å². The van der Waals surface area contributed by atoms with Gasteiger partial charge in [0.15, 0.2) is 5.82 Å². The molecule has 2 aliphatic rings. The van der Waals surface area contributed by atoms with Crippen LogP contribution in [0.5, 0.6) is 0 Å². The van der Waals surface area contributed by atoms with Crippen LogP contribution in [-0.2, 0) is 24.2 Å². The molecule has 0 bridgehead atoms. The Kier molecular flexibility index (Phi) is 4.51. The number of hydrogen-bond donors (Lipinski definition) is 0. The van der Waals surface area contributed by atoms with Crippen LogP contribution >= 0.6 is 0 Å². The lowest BCUT2D eigenvalue weighted by Gasteiger charge is -2.25. The van der Waals surface area contributed by atoms with E-state index in [4.69, 9.17) is 0 Å². The number of benzene rings is 1. The standard InChI is InChI=1S/C19H23FN4O/c20-15-9-7-14(8-10-15)13-18(25)23-12-4-5-16(23)19-22-21-17-6-2-1-3-11-24(17)19/h7-10,16H,1-6,11-13H2/t16-/m1/s1. The number of fused-ring (bicyclic) bond motifs is 1. The molecule has 25 heavy (non-hydrogen) atoms. The predicted octanol–water partition coefficient (Wildman–Crippen LogP) is 3.05. The molecule has 1 aromatic heterocycles. The zero-order valence-electron chi connectivity index (χ0n) is 14.3. The van der Waals surface area contributed by atoms with Gasteiger partial charge >= 0.3 is 0 Å². The highest BCUT2D eigenvalue weighted by atomic mass is 19.1. The Hall–Kier alpha value is -2.24. The molecule has 2 aromatic rings. The highest BCUT2D eigenvalue weighted by Crippen LogP contribution is 2.32. The van der Waals surface area contributed by atoms with Crippen LogP contribution in [0.4, 0.5) is 4.39 Å². The Morgan fingerprint density at radius 1 is 1.08 bits per heavy atom. The van der Waals surface area contributed by atoms with Crippen LogP contribution in [0, 0.1) is 5.82 Å². The first-order valence-electron chi connectivity index (χ1n) is 9.18. The van der Waals surface area contributed by atoms with Crippen LogP contribution in [0.1, 0.15) is 55.4 Å². The Morgan fingerprint density at radius 2 is 1.92 bits per heavy atom. The van der Waals surface area contributed by atoms with Crippen molar-refractivity contribution < 1.29 is 9.18 Å². The van der Waals surface area contributed by atoms with Gasteiger partial charge in [-0.2, -0.15) is 0 Å². The fourth-order valence-electron chi connectivity index (χ4n) is 3.97.